The van der Waals surface area contributed by atoms with Gasteiger partial charge in [0.25, 0.3) is 0 Å². The average Bonchev–Trinajstić information content (AvgIpc) is 2.58. The Morgan fingerprint density at radius 1 is 1.29 bits per heavy atom. The van der Waals surface area contributed by atoms with E-state index >= 15 is 0 Å². The monoisotopic (exact) mass is 202 g/mol. The third-order valence-electron chi connectivity index (χ3n) is 2.43. The Balaban J connectivity index is 2.26. The maximum Gasteiger partial charge on any atom is 0.0717 e. The highest BCUT2D eigenvalue weighted by Gasteiger charge is 2.15. The quantitative estimate of drug-likeness (QED) is 0.621. The Hall–Kier alpha value is -1.22. The number of nitrogens with zero attached hydrogens (tertiary/aromatic N) is 2. The van der Waals surface area contributed by atoms with Crippen LogP contribution in [0.3, 0.4) is 0 Å². The van der Waals surface area contributed by atoms with Gasteiger partial charge in [-0.15, -0.1) is 11.8 Å². The standard InChI is InChI=1S/C11H10N2S/c1-2-4-11-9(3-1)6-13-8-14-7-10(13)5-12-11/h1-6H,7-8H2. The van der Waals surface area contributed by atoms with Crippen molar-refractivity contribution >= 4 is 18.0 Å². The Bertz CT molecular complexity index is 504. The van der Waals surface area contributed by atoms with Crippen LogP contribution in [0.25, 0.3) is 6.20 Å². The molecule has 0 spiro atoms. The van der Waals surface area contributed by atoms with Gasteiger partial charge in [-0.3, -0.25) is 4.99 Å². The average molecular weight is 202 g/mol. The third-order valence-corrected chi connectivity index (χ3v) is 3.39. The van der Waals surface area contributed by atoms with E-state index < -0.39 is 0 Å². The van der Waals surface area contributed by atoms with Gasteiger partial charge < -0.3 is 4.90 Å². The fourth-order valence-corrected chi connectivity index (χ4v) is 2.65. The third kappa shape index (κ3) is 1.24. The van der Waals surface area contributed by atoms with Gasteiger partial charge in [-0.2, -0.15) is 0 Å². The maximum absolute atomic E-state index is 4.48. The van der Waals surface area contributed by atoms with Crippen LogP contribution in [0.15, 0.2) is 41.2 Å². The van der Waals surface area contributed by atoms with Crippen LogP contribution < -0.4 is 10.6 Å². The van der Waals surface area contributed by atoms with Gasteiger partial charge in [0.15, 0.2) is 0 Å². The first-order chi connectivity index (χ1) is 6.93. The number of thioether (sulfide) groups is 1. The molecule has 14 heavy (non-hydrogen) atoms. The van der Waals surface area contributed by atoms with Crippen molar-refractivity contribution in [3.63, 3.8) is 0 Å². The van der Waals surface area contributed by atoms with Crippen molar-refractivity contribution in [2.45, 2.75) is 0 Å². The summed E-state index contributed by atoms with van der Waals surface area (Å²) < 4.78 is 0. The van der Waals surface area contributed by atoms with Gasteiger partial charge in [-0.05, 0) is 6.07 Å². The lowest BCUT2D eigenvalue weighted by Crippen LogP contribution is -2.25. The summed E-state index contributed by atoms with van der Waals surface area (Å²) in [4.78, 5) is 6.76. The molecule has 0 unspecified atom stereocenters. The molecule has 1 fully saturated rings. The number of benzene rings is 1. The van der Waals surface area contributed by atoms with Crippen LogP contribution in [0, 0.1) is 0 Å². The van der Waals surface area contributed by atoms with Gasteiger partial charge in [0.1, 0.15) is 0 Å². The van der Waals surface area contributed by atoms with E-state index in [1.54, 1.807) is 0 Å². The first-order valence-corrected chi connectivity index (χ1v) is 5.77. The fourth-order valence-electron chi connectivity index (χ4n) is 1.67. The molecule has 1 saturated heterocycles. The first kappa shape index (κ1) is 8.12. The molecule has 70 valence electrons. The molecule has 1 aromatic carbocycles. The first-order valence-electron chi connectivity index (χ1n) is 4.62. The van der Waals surface area contributed by atoms with Crippen molar-refractivity contribution in [1.29, 1.82) is 0 Å². The number of para-hydroxylation sites is 1. The largest absolute Gasteiger partial charge is 0.339 e. The van der Waals surface area contributed by atoms with E-state index in [1.807, 2.05) is 24.0 Å². The van der Waals surface area contributed by atoms with Gasteiger partial charge >= 0.3 is 0 Å². The van der Waals surface area contributed by atoms with Crippen LogP contribution in [0.4, 0.5) is 0 Å². The van der Waals surface area contributed by atoms with Crippen molar-refractivity contribution < 1.29 is 0 Å². The smallest absolute Gasteiger partial charge is 0.0717 e. The summed E-state index contributed by atoms with van der Waals surface area (Å²) in [7, 11) is 0. The molecule has 0 aliphatic carbocycles. The van der Waals surface area contributed by atoms with Crippen LogP contribution in [0.5, 0.6) is 0 Å². The minimum atomic E-state index is 1.05. The lowest BCUT2D eigenvalue weighted by molar-refractivity contribution is 0.619. The highest BCUT2D eigenvalue weighted by atomic mass is 32.2. The highest BCUT2D eigenvalue weighted by molar-refractivity contribution is 7.99. The Morgan fingerprint density at radius 3 is 3.21 bits per heavy atom. The van der Waals surface area contributed by atoms with E-state index in [2.05, 4.69) is 34.3 Å². The maximum atomic E-state index is 4.48. The second-order valence-corrected chi connectivity index (χ2v) is 4.34. The number of fused-ring (bicyclic) bond motifs is 2. The number of rotatable bonds is 0. The topological polar surface area (TPSA) is 15.6 Å². The molecule has 0 atom stereocenters. The minimum absolute atomic E-state index is 1.05. The van der Waals surface area contributed by atoms with Gasteiger partial charge in [0.05, 0.1) is 11.2 Å². The zero-order valence-electron chi connectivity index (χ0n) is 7.68. The molecule has 2 heterocycles. The predicted molar refractivity (Wildman–Crippen MR) is 58.9 cm³/mol. The van der Waals surface area contributed by atoms with Crippen LogP contribution >= 0.6 is 11.8 Å². The lowest BCUT2D eigenvalue weighted by Gasteiger charge is -2.10. The lowest BCUT2D eigenvalue weighted by atomic mass is 10.3. The highest BCUT2D eigenvalue weighted by Crippen LogP contribution is 2.24. The zero-order chi connectivity index (χ0) is 9.38. The van der Waals surface area contributed by atoms with Gasteiger partial charge in [-0.1, -0.05) is 18.2 Å². The molecule has 0 aromatic heterocycles. The minimum Gasteiger partial charge on any atom is -0.339 e. The van der Waals surface area contributed by atoms with Crippen LogP contribution in [-0.4, -0.2) is 16.5 Å². The van der Waals surface area contributed by atoms with Crippen molar-refractivity contribution in [3.8, 4) is 0 Å². The molecule has 3 heteroatoms. The molecule has 2 aliphatic rings. The van der Waals surface area contributed by atoms with Crippen molar-refractivity contribution in [2.24, 2.45) is 4.99 Å². The summed E-state index contributed by atoms with van der Waals surface area (Å²) >= 11 is 1.93. The van der Waals surface area contributed by atoms with E-state index in [1.165, 1.54) is 10.9 Å². The fraction of sp³-hybridized carbons (Fsp3) is 0.182. The van der Waals surface area contributed by atoms with Crippen LogP contribution in [-0.2, 0) is 0 Å². The van der Waals surface area contributed by atoms with E-state index in [4.69, 9.17) is 0 Å². The summed E-state index contributed by atoms with van der Waals surface area (Å²) in [6.45, 7) is 0. The summed E-state index contributed by atoms with van der Waals surface area (Å²) in [5.41, 5.74) is 1.31. The molecule has 0 amide bonds. The second-order valence-electron chi connectivity index (χ2n) is 3.38. The van der Waals surface area contributed by atoms with Crippen molar-refractivity contribution in [2.75, 3.05) is 11.6 Å². The van der Waals surface area contributed by atoms with Crippen LogP contribution in [0.1, 0.15) is 0 Å². The number of hydrogen-bond acceptors (Lipinski definition) is 3. The summed E-state index contributed by atoms with van der Waals surface area (Å²) in [6.07, 6.45) is 4.18. The van der Waals surface area contributed by atoms with Gasteiger partial charge in [-0.25, -0.2) is 0 Å². The molecule has 3 rings (SSSR count). The molecular formula is C11H10N2S. The van der Waals surface area contributed by atoms with E-state index in [9.17, 15) is 0 Å². The van der Waals surface area contributed by atoms with E-state index in [-0.39, 0.29) is 0 Å². The second kappa shape index (κ2) is 3.17. The molecule has 0 saturated carbocycles. The van der Waals surface area contributed by atoms with E-state index in [0.29, 0.717) is 0 Å². The molecule has 0 bridgehead atoms. The van der Waals surface area contributed by atoms with Gasteiger partial charge in [0, 0.05) is 29.1 Å². The SMILES string of the molecule is C1=C2CSCN2C=c2ccccc2=N1. The normalized spacial score (nSPS) is 18.6. The molecule has 1 aromatic rings. The van der Waals surface area contributed by atoms with Crippen LogP contribution in [0.2, 0.25) is 0 Å². The number of hydrogen-bond donors (Lipinski definition) is 0. The molecule has 2 nitrogen and oxygen atoms in total. The van der Waals surface area contributed by atoms with Crippen molar-refractivity contribution in [3.05, 3.63) is 46.7 Å². The van der Waals surface area contributed by atoms with E-state index in [0.717, 1.165) is 17.0 Å². The Kier molecular flexibility index (Phi) is 1.84. The summed E-state index contributed by atoms with van der Waals surface area (Å²) in [6, 6.07) is 8.25. The molecule has 0 radical (unpaired) electrons. The summed E-state index contributed by atoms with van der Waals surface area (Å²) in [5, 5.41) is 2.28. The predicted octanol–water partition coefficient (Wildman–Crippen LogP) is 0.905. The van der Waals surface area contributed by atoms with Gasteiger partial charge in [0.2, 0.25) is 0 Å². The molecular weight excluding hydrogens is 192 g/mol. The molecule has 2 aliphatic heterocycles. The van der Waals surface area contributed by atoms with Crippen molar-refractivity contribution in [1.82, 2.24) is 4.90 Å². The summed E-state index contributed by atoms with van der Waals surface area (Å²) in [5.74, 6) is 2.13. The Labute approximate surface area is 86.6 Å². The molecule has 0 N–H and O–H groups in total. The zero-order valence-corrected chi connectivity index (χ0v) is 8.50. The Morgan fingerprint density at radius 2 is 2.21 bits per heavy atom.